The molecule has 1 atom stereocenters. The normalized spacial score (nSPS) is 12.2. The van der Waals surface area contributed by atoms with Crippen LogP contribution in [0, 0.1) is 13.8 Å². The summed E-state index contributed by atoms with van der Waals surface area (Å²) in [6, 6.07) is 8.05. The van der Waals surface area contributed by atoms with E-state index in [1.807, 2.05) is 32.2 Å². The predicted molar refractivity (Wildman–Crippen MR) is 84.6 cm³/mol. The molecule has 106 valence electrons. The molecule has 4 nitrogen and oxygen atoms in total. The molecular weight excluding hydrogens is 270 g/mol. The number of nitrogens with one attached hydrogen (secondary N) is 2. The number of aromatic amines is 1. The monoisotopic (exact) mass is 289 g/mol. The van der Waals surface area contributed by atoms with E-state index in [2.05, 4.69) is 27.4 Å². The zero-order valence-electron chi connectivity index (χ0n) is 12.2. The van der Waals surface area contributed by atoms with Gasteiger partial charge in [-0.05, 0) is 45.2 Å². The van der Waals surface area contributed by atoms with Gasteiger partial charge in [0, 0.05) is 10.6 Å². The Hall–Kier alpha value is -1.75. The molecule has 0 spiro atoms. The molecule has 1 aromatic heterocycles. The van der Waals surface area contributed by atoms with Gasteiger partial charge in [-0.15, -0.1) is 11.8 Å². The van der Waals surface area contributed by atoms with E-state index in [4.69, 9.17) is 0 Å². The van der Waals surface area contributed by atoms with Gasteiger partial charge in [0.2, 0.25) is 0 Å². The van der Waals surface area contributed by atoms with E-state index in [1.165, 1.54) is 4.90 Å². The maximum Gasteiger partial charge on any atom is 0.256 e. The van der Waals surface area contributed by atoms with Crippen molar-refractivity contribution < 1.29 is 0 Å². The van der Waals surface area contributed by atoms with Gasteiger partial charge in [0.15, 0.2) is 0 Å². The van der Waals surface area contributed by atoms with Crippen LogP contribution < -0.4 is 10.9 Å². The van der Waals surface area contributed by atoms with Gasteiger partial charge < -0.3 is 10.3 Å². The summed E-state index contributed by atoms with van der Waals surface area (Å²) in [4.78, 5) is 20.4. The van der Waals surface area contributed by atoms with Crippen molar-refractivity contribution in [2.45, 2.75) is 31.7 Å². The number of nitrogens with zero attached hydrogens (tertiary/aromatic N) is 1. The molecule has 0 aliphatic carbocycles. The van der Waals surface area contributed by atoms with Crippen LogP contribution in [0.1, 0.15) is 30.0 Å². The predicted octanol–water partition coefficient (Wildman–Crippen LogP) is 3.28. The Bertz CT molecular complexity index is 666. The highest BCUT2D eigenvalue weighted by Gasteiger charge is 2.14. The van der Waals surface area contributed by atoms with E-state index >= 15 is 0 Å². The van der Waals surface area contributed by atoms with Crippen LogP contribution in [0.15, 0.2) is 34.0 Å². The molecule has 0 bridgehead atoms. The van der Waals surface area contributed by atoms with Crippen molar-refractivity contribution in [3.05, 3.63) is 51.7 Å². The molecule has 0 saturated carbocycles. The molecule has 20 heavy (non-hydrogen) atoms. The van der Waals surface area contributed by atoms with E-state index < -0.39 is 0 Å². The maximum atomic E-state index is 12.1. The lowest BCUT2D eigenvalue weighted by atomic mass is 10.1. The number of aromatic nitrogens is 2. The Morgan fingerprint density at radius 1 is 1.35 bits per heavy atom. The van der Waals surface area contributed by atoms with Crippen molar-refractivity contribution in [2.24, 2.45) is 0 Å². The van der Waals surface area contributed by atoms with E-state index in [0.29, 0.717) is 11.4 Å². The fourth-order valence-corrected chi connectivity index (χ4v) is 2.74. The van der Waals surface area contributed by atoms with Crippen LogP contribution >= 0.6 is 11.8 Å². The first-order chi connectivity index (χ1) is 9.51. The number of rotatable bonds is 4. The van der Waals surface area contributed by atoms with Crippen molar-refractivity contribution in [3.63, 3.8) is 0 Å². The van der Waals surface area contributed by atoms with Gasteiger partial charge in [0.25, 0.3) is 5.56 Å². The Morgan fingerprint density at radius 2 is 2.10 bits per heavy atom. The number of aryl methyl sites for hydroxylation is 2. The largest absolute Gasteiger partial charge is 0.378 e. The highest BCUT2D eigenvalue weighted by atomic mass is 32.2. The standard InChI is InChI=1S/C15H19N3OS/c1-9-14(15(19)18-11(3)16-9)10(2)17-12-6-5-7-13(8-12)20-4/h5-8,10,17H,1-4H3,(H,16,18,19). The summed E-state index contributed by atoms with van der Waals surface area (Å²) in [6.07, 6.45) is 2.04. The van der Waals surface area contributed by atoms with E-state index in [9.17, 15) is 4.79 Å². The first-order valence-electron chi connectivity index (χ1n) is 6.49. The van der Waals surface area contributed by atoms with Gasteiger partial charge in [0.05, 0.1) is 17.3 Å². The molecule has 0 radical (unpaired) electrons. The number of H-pyrrole nitrogens is 1. The molecule has 5 heteroatoms. The number of anilines is 1. The average Bonchev–Trinajstić information content (AvgIpc) is 2.37. The third-order valence-corrected chi connectivity index (χ3v) is 3.88. The second-order valence-electron chi connectivity index (χ2n) is 4.75. The average molecular weight is 289 g/mol. The lowest BCUT2D eigenvalue weighted by Gasteiger charge is -2.17. The van der Waals surface area contributed by atoms with Crippen molar-refractivity contribution >= 4 is 17.4 Å². The van der Waals surface area contributed by atoms with Gasteiger partial charge in [-0.3, -0.25) is 4.79 Å². The zero-order chi connectivity index (χ0) is 14.7. The molecule has 1 heterocycles. The quantitative estimate of drug-likeness (QED) is 0.848. The second kappa shape index (κ2) is 6.13. The van der Waals surface area contributed by atoms with Crippen molar-refractivity contribution in [1.82, 2.24) is 9.97 Å². The lowest BCUT2D eigenvalue weighted by Crippen LogP contribution is -2.23. The highest BCUT2D eigenvalue weighted by Crippen LogP contribution is 2.23. The van der Waals surface area contributed by atoms with Crippen molar-refractivity contribution in [2.75, 3.05) is 11.6 Å². The Labute approximate surface area is 123 Å². The number of thioether (sulfide) groups is 1. The molecule has 0 amide bonds. The third kappa shape index (κ3) is 3.22. The van der Waals surface area contributed by atoms with Crippen LogP contribution in [0.3, 0.4) is 0 Å². The molecule has 0 aliphatic rings. The van der Waals surface area contributed by atoms with E-state index in [-0.39, 0.29) is 11.6 Å². The minimum atomic E-state index is -0.0936. The van der Waals surface area contributed by atoms with Crippen LogP contribution in [-0.4, -0.2) is 16.2 Å². The summed E-state index contributed by atoms with van der Waals surface area (Å²) < 4.78 is 0. The van der Waals surface area contributed by atoms with Gasteiger partial charge in [-0.2, -0.15) is 0 Å². The van der Waals surface area contributed by atoms with Gasteiger partial charge in [-0.25, -0.2) is 4.98 Å². The second-order valence-corrected chi connectivity index (χ2v) is 5.63. The minimum absolute atomic E-state index is 0.0731. The smallest absolute Gasteiger partial charge is 0.256 e. The fraction of sp³-hybridized carbons (Fsp3) is 0.333. The SMILES string of the molecule is CSc1cccc(NC(C)c2c(C)nc(C)[nH]c2=O)c1. The Kier molecular flexibility index (Phi) is 4.49. The van der Waals surface area contributed by atoms with Crippen LogP contribution in [-0.2, 0) is 0 Å². The number of benzene rings is 1. The van der Waals surface area contributed by atoms with Crippen molar-refractivity contribution in [1.29, 1.82) is 0 Å². The van der Waals surface area contributed by atoms with E-state index in [0.717, 1.165) is 11.4 Å². The summed E-state index contributed by atoms with van der Waals surface area (Å²) in [7, 11) is 0. The van der Waals surface area contributed by atoms with Crippen LogP contribution in [0.4, 0.5) is 5.69 Å². The van der Waals surface area contributed by atoms with Gasteiger partial charge in [0.1, 0.15) is 5.82 Å². The number of hydrogen-bond acceptors (Lipinski definition) is 4. The molecule has 1 unspecified atom stereocenters. The summed E-state index contributed by atoms with van der Waals surface area (Å²) in [5.41, 5.74) is 2.39. The topological polar surface area (TPSA) is 57.8 Å². The molecule has 2 aromatic rings. The third-order valence-electron chi connectivity index (χ3n) is 3.15. The van der Waals surface area contributed by atoms with Gasteiger partial charge in [-0.1, -0.05) is 6.07 Å². The van der Waals surface area contributed by atoms with E-state index in [1.54, 1.807) is 18.7 Å². The highest BCUT2D eigenvalue weighted by molar-refractivity contribution is 7.98. The molecule has 0 fully saturated rings. The molecule has 2 N–H and O–H groups in total. The first-order valence-corrected chi connectivity index (χ1v) is 7.71. The first kappa shape index (κ1) is 14.7. The fourth-order valence-electron chi connectivity index (χ4n) is 2.28. The van der Waals surface area contributed by atoms with Crippen molar-refractivity contribution in [3.8, 4) is 0 Å². The summed E-state index contributed by atoms with van der Waals surface area (Å²) in [5, 5.41) is 3.36. The molecule has 0 aliphatic heterocycles. The molecule has 2 rings (SSSR count). The summed E-state index contributed by atoms with van der Waals surface area (Å²) in [5.74, 6) is 0.646. The molecular formula is C15H19N3OS. The van der Waals surface area contributed by atoms with Crippen LogP contribution in [0.2, 0.25) is 0 Å². The number of hydrogen-bond donors (Lipinski definition) is 2. The molecule has 0 saturated heterocycles. The minimum Gasteiger partial charge on any atom is -0.378 e. The Morgan fingerprint density at radius 3 is 2.75 bits per heavy atom. The van der Waals surface area contributed by atoms with Gasteiger partial charge >= 0.3 is 0 Å². The maximum absolute atomic E-state index is 12.1. The zero-order valence-corrected chi connectivity index (χ0v) is 13.0. The van der Waals surface area contributed by atoms with Crippen LogP contribution in [0.25, 0.3) is 0 Å². The summed E-state index contributed by atoms with van der Waals surface area (Å²) in [6.45, 7) is 5.63. The lowest BCUT2D eigenvalue weighted by molar-refractivity contribution is 0.813. The molecule has 1 aromatic carbocycles. The van der Waals surface area contributed by atoms with Crippen LogP contribution in [0.5, 0.6) is 0 Å². The Balaban J connectivity index is 2.28. The summed E-state index contributed by atoms with van der Waals surface area (Å²) >= 11 is 1.69.